The van der Waals surface area contributed by atoms with Crippen LogP contribution in [0.5, 0.6) is 11.5 Å². The van der Waals surface area contributed by atoms with Crippen LogP contribution in [0.1, 0.15) is 79.7 Å². The van der Waals surface area contributed by atoms with Crippen molar-refractivity contribution in [1.29, 1.82) is 0 Å². The number of nitrogens with two attached hydrogens (primary N) is 1. The number of carboxylic acid groups (broad SMARTS) is 1. The van der Waals surface area contributed by atoms with Gasteiger partial charge in [0.25, 0.3) is 0 Å². The standard InChI is InChI=1S/C27H41NO9/c1-14(2)11-22(29)36-20-10-9-19(13-21(20)37-23(30)12-15(3)4)24(25(28)26(31)32)17(7)18(8)35-27(33)34-16(5)6/h9-10,13-18,24-25H,11-12,28H2,1-8H3,(H,31,32)/t17?,18?,24?,25-/m0/s1. The van der Waals surface area contributed by atoms with Gasteiger partial charge in [0.05, 0.1) is 6.10 Å². The highest BCUT2D eigenvalue weighted by Gasteiger charge is 2.36. The van der Waals surface area contributed by atoms with E-state index in [-0.39, 0.29) is 42.3 Å². The van der Waals surface area contributed by atoms with Crippen molar-refractivity contribution in [2.45, 2.75) is 92.4 Å². The third-order valence-electron chi connectivity index (χ3n) is 5.54. The number of rotatable bonds is 13. The molecule has 1 rings (SSSR count). The number of ether oxygens (including phenoxy) is 4. The van der Waals surface area contributed by atoms with E-state index >= 15 is 0 Å². The lowest BCUT2D eigenvalue weighted by molar-refractivity contribution is -0.140. The van der Waals surface area contributed by atoms with E-state index < -0.39 is 48.0 Å². The fourth-order valence-corrected chi connectivity index (χ4v) is 3.65. The maximum Gasteiger partial charge on any atom is 0.508 e. The molecule has 0 saturated carbocycles. The van der Waals surface area contributed by atoms with Gasteiger partial charge in [-0.15, -0.1) is 0 Å². The number of hydrogen-bond donors (Lipinski definition) is 2. The van der Waals surface area contributed by atoms with E-state index in [0.717, 1.165) is 0 Å². The summed E-state index contributed by atoms with van der Waals surface area (Å²) in [6.07, 6.45) is -1.75. The van der Waals surface area contributed by atoms with Crippen molar-refractivity contribution in [3.05, 3.63) is 23.8 Å². The van der Waals surface area contributed by atoms with Crippen LogP contribution < -0.4 is 15.2 Å². The summed E-state index contributed by atoms with van der Waals surface area (Å²) < 4.78 is 21.4. The van der Waals surface area contributed by atoms with Crippen LogP contribution in [0, 0.1) is 17.8 Å². The van der Waals surface area contributed by atoms with Gasteiger partial charge in [-0.2, -0.15) is 0 Å². The van der Waals surface area contributed by atoms with E-state index in [1.165, 1.54) is 12.1 Å². The molecule has 4 atom stereocenters. The normalized spacial score (nSPS) is 14.6. The summed E-state index contributed by atoms with van der Waals surface area (Å²) in [5, 5.41) is 9.70. The summed E-state index contributed by atoms with van der Waals surface area (Å²) >= 11 is 0. The number of hydrogen-bond acceptors (Lipinski definition) is 9. The first-order valence-corrected chi connectivity index (χ1v) is 12.5. The number of carboxylic acids is 1. The number of carbonyl (C=O) groups excluding carboxylic acids is 3. The third kappa shape index (κ3) is 10.8. The number of benzene rings is 1. The minimum atomic E-state index is -1.38. The van der Waals surface area contributed by atoms with E-state index in [2.05, 4.69) is 0 Å². The summed E-state index contributed by atoms with van der Waals surface area (Å²) in [6.45, 7) is 14.1. The smallest absolute Gasteiger partial charge is 0.480 e. The van der Waals surface area contributed by atoms with Crippen LogP contribution in [0.3, 0.4) is 0 Å². The van der Waals surface area contributed by atoms with Gasteiger partial charge in [0.2, 0.25) is 0 Å². The molecule has 0 heterocycles. The van der Waals surface area contributed by atoms with Crippen LogP contribution >= 0.6 is 0 Å². The first kappa shape index (κ1) is 31.9. The lowest BCUT2D eigenvalue weighted by atomic mass is 9.79. The highest BCUT2D eigenvalue weighted by molar-refractivity contribution is 5.77. The lowest BCUT2D eigenvalue weighted by Crippen LogP contribution is -2.42. The van der Waals surface area contributed by atoms with Crippen LogP contribution in [0.4, 0.5) is 4.79 Å². The van der Waals surface area contributed by atoms with Crippen molar-refractivity contribution in [1.82, 2.24) is 0 Å². The Hall–Kier alpha value is -3.14. The zero-order chi connectivity index (χ0) is 28.4. The Labute approximate surface area is 218 Å². The van der Waals surface area contributed by atoms with Gasteiger partial charge in [-0.05, 0) is 50.3 Å². The zero-order valence-electron chi connectivity index (χ0n) is 23.0. The molecule has 10 nitrogen and oxygen atoms in total. The molecular weight excluding hydrogens is 482 g/mol. The Kier molecular flexibility index (Phi) is 12.6. The zero-order valence-corrected chi connectivity index (χ0v) is 23.0. The Morgan fingerprint density at radius 1 is 0.811 bits per heavy atom. The van der Waals surface area contributed by atoms with Gasteiger partial charge in [-0.25, -0.2) is 4.79 Å². The summed E-state index contributed by atoms with van der Waals surface area (Å²) in [5.41, 5.74) is 6.48. The lowest BCUT2D eigenvalue weighted by Gasteiger charge is -2.31. The largest absolute Gasteiger partial charge is 0.508 e. The van der Waals surface area contributed by atoms with Gasteiger partial charge in [-0.3, -0.25) is 14.4 Å². The Balaban J connectivity index is 3.43. The minimum Gasteiger partial charge on any atom is -0.480 e. The minimum absolute atomic E-state index is 0.0252. The average molecular weight is 524 g/mol. The summed E-state index contributed by atoms with van der Waals surface area (Å²) in [7, 11) is 0. The third-order valence-corrected chi connectivity index (χ3v) is 5.54. The molecule has 0 aliphatic heterocycles. The van der Waals surface area contributed by atoms with E-state index in [9.17, 15) is 24.3 Å². The Morgan fingerprint density at radius 3 is 1.78 bits per heavy atom. The molecule has 0 bridgehead atoms. The SMILES string of the molecule is CC(C)CC(=O)Oc1ccc(C(C(C)C(C)OC(=O)OC(C)C)[C@H](N)C(=O)O)cc1OC(=O)CC(C)C. The monoisotopic (exact) mass is 523 g/mol. The second-order valence-corrected chi connectivity index (χ2v) is 10.3. The van der Waals surface area contributed by atoms with Crippen LogP contribution in [-0.4, -0.2) is 47.4 Å². The van der Waals surface area contributed by atoms with Crippen LogP contribution in [-0.2, 0) is 23.9 Å². The highest BCUT2D eigenvalue weighted by atomic mass is 16.7. The molecule has 1 aromatic carbocycles. The maximum atomic E-state index is 12.5. The van der Waals surface area contributed by atoms with Gasteiger partial charge >= 0.3 is 24.1 Å². The van der Waals surface area contributed by atoms with Crippen molar-refractivity contribution in [3.8, 4) is 11.5 Å². The second-order valence-electron chi connectivity index (χ2n) is 10.3. The van der Waals surface area contributed by atoms with Gasteiger partial charge in [0.1, 0.15) is 12.1 Å². The molecule has 0 aromatic heterocycles. The summed E-state index contributed by atoms with van der Waals surface area (Å²) in [4.78, 5) is 48.7. The maximum absolute atomic E-state index is 12.5. The van der Waals surface area contributed by atoms with Crippen molar-refractivity contribution in [3.63, 3.8) is 0 Å². The van der Waals surface area contributed by atoms with Gasteiger partial charge in [0, 0.05) is 24.7 Å². The molecule has 0 radical (unpaired) electrons. The molecule has 3 unspecified atom stereocenters. The molecule has 1 aromatic rings. The predicted molar refractivity (Wildman–Crippen MR) is 136 cm³/mol. The van der Waals surface area contributed by atoms with Gasteiger partial charge < -0.3 is 29.8 Å². The molecule has 0 saturated heterocycles. The van der Waals surface area contributed by atoms with E-state index in [4.69, 9.17) is 24.7 Å². The second kappa shape index (κ2) is 14.6. The molecule has 0 fully saturated rings. The predicted octanol–water partition coefficient (Wildman–Crippen LogP) is 4.67. The van der Waals surface area contributed by atoms with Gasteiger partial charge in [-0.1, -0.05) is 40.7 Å². The molecule has 0 aliphatic rings. The molecule has 0 amide bonds. The fourth-order valence-electron chi connectivity index (χ4n) is 3.65. The van der Waals surface area contributed by atoms with E-state index in [1.807, 2.05) is 27.7 Å². The average Bonchev–Trinajstić information content (AvgIpc) is 2.73. The Morgan fingerprint density at radius 2 is 1.32 bits per heavy atom. The van der Waals surface area contributed by atoms with E-state index in [0.29, 0.717) is 5.56 Å². The number of esters is 2. The van der Waals surface area contributed by atoms with Crippen molar-refractivity contribution in [2.75, 3.05) is 0 Å². The van der Waals surface area contributed by atoms with Crippen LogP contribution in [0.15, 0.2) is 18.2 Å². The first-order valence-electron chi connectivity index (χ1n) is 12.5. The number of carbonyl (C=O) groups is 4. The highest BCUT2D eigenvalue weighted by Crippen LogP contribution is 2.37. The molecule has 3 N–H and O–H groups in total. The molecule has 10 heteroatoms. The molecule has 37 heavy (non-hydrogen) atoms. The summed E-state index contributed by atoms with van der Waals surface area (Å²) in [5.74, 6) is -3.65. The quantitative estimate of drug-likeness (QED) is 0.275. The van der Waals surface area contributed by atoms with E-state index in [1.54, 1.807) is 33.8 Å². The van der Waals surface area contributed by atoms with Crippen molar-refractivity contribution in [2.24, 2.45) is 23.5 Å². The topological polar surface area (TPSA) is 151 Å². The molecule has 208 valence electrons. The summed E-state index contributed by atoms with van der Waals surface area (Å²) in [6, 6.07) is 3.06. The Bertz CT molecular complexity index is 942. The fraction of sp³-hybridized carbons (Fsp3) is 0.630. The van der Waals surface area contributed by atoms with Gasteiger partial charge in [0.15, 0.2) is 11.5 Å². The van der Waals surface area contributed by atoms with Crippen molar-refractivity contribution >= 4 is 24.1 Å². The number of aliphatic carboxylic acids is 1. The molecular formula is C27H41NO9. The molecule has 0 aliphatic carbocycles. The first-order chi connectivity index (χ1) is 17.1. The van der Waals surface area contributed by atoms with Crippen LogP contribution in [0.2, 0.25) is 0 Å². The van der Waals surface area contributed by atoms with Crippen LogP contribution in [0.25, 0.3) is 0 Å². The molecule has 0 spiro atoms. The van der Waals surface area contributed by atoms with Crippen molar-refractivity contribution < 1.29 is 43.2 Å².